The van der Waals surface area contributed by atoms with Crippen molar-refractivity contribution in [2.75, 3.05) is 0 Å². The number of rotatable bonds is 6. The summed E-state index contributed by atoms with van der Waals surface area (Å²) in [5, 5.41) is 10.6. The lowest BCUT2D eigenvalue weighted by Crippen LogP contribution is -2.29. The first kappa shape index (κ1) is 15.9. The third kappa shape index (κ3) is 9.85. The maximum absolute atomic E-state index is 11.6. The maximum atomic E-state index is 11.6. The van der Waals surface area contributed by atoms with Crippen molar-refractivity contribution in [1.29, 1.82) is 0 Å². The van der Waals surface area contributed by atoms with E-state index in [-0.39, 0.29) is 24.7 Å². The van der Waals surface area contributed by atoms with Gasteiger partial charge in [0.25, 0.3) is 0 Å². The Balaban J connectivity index is 4.32. The molecule has 0 saturated heterocycles. The highest BCUT2D eigenvalue weighted by atomic mass is 16.6. The molecule has 0 aromatic heterocycles. The molecule has 0 rings (SSSR count). The number of carbonyl (C=O) groups excluding carboxylic acids is 2. The second kappa shape index (κ2) is 6.62. The fourth-order valence-electron chi connectivity index (χ4n) is 1.76. The molecule has 0 bridgehead atoms. The summed E-state index contributed by atoms with van der Waals surface area (Å²) >= 11 is 0. The lowest BCUT2D eigenvalue weighted by molar-refractivity contribution is -0.306. The predicted octanol–water partition coefficient (Wildman–Crippen LogP) is 1.52. The van der Waals surface area contributed by atoms with Gasteiger partial charge in [-0.3, -0.25) is 4.79 Å². The minimum absolute atomic E-state index is 0.0859. The average Bonchev–Trinajstić information content (AvgIpc) is 1.95. The van der Waals surface area contributed by atoms with Gasteiger partial charge in [-0.2, -0.15) is 0 Å². The fourth-order valence-corrected chi connectivity index (χ4v) is 1.76. The van der Waals surface area contributed by atoms with E-state index in [4.69, 9.17) is 4.74 Å². The van der Waals surface area contributed by atoms with Gasteiger partial charge in [-0.15, -0.1) is 0 Å². The third-order valence-corrected chi connectivity index (χ3v) is 2.14. The van der Waals surface area contributed by atoms with Gasteiger partial charge in [-0.25, -0.2) is 0 Å². The van der Waals surface area contributed by atoms with Crippen molar-refractivity contribution in [3.05, 3.63) is 0 Å². The van der Waals surface area contributed by atoms with Crippen LogP contribution in [0.4, 0.5) is 0 Å². The Hall–Kier alpha value is -1.06. The molecule has 0 amide bonds. The van der Waals surface area contributed by atoms with E-state index in [1.807, 2.05) is 13.8 Å². The van der Waals surface area contributed by atoms with E-state index in [1.54, 1.807) is 20.8 Å². The van der Waals surface area contributed by atoms with Crippen molar-refractivity contribution < 1.29 is 19.4 Å². The van der Waals surface area contributed by atoms with Crippen molar-refractivity contribution in [3.63, 3.8) is 0 Å². The average molecular weight is 243 g/mol. The van der Waals surface area contributed by atoms with Gasteiger partial charge in [0.2, 0.25) is 0 Å². The van der Waals surface area contributed by atoms with Crippen LogP contribution in [0.15, 0.2) is 0 Å². The van der Waals surface area contributed by atoms with Crippen molar-refractivity contribution in [3.8, 4) is 0 Å². The molecule has 0 saturated carbocycles. The number of aliphatic carboxylic acids is 1. The van der Waals surface area contributed by atoms with Crippen LogP contribution in [0, 0.1) is 11.8 Å². The van der Waals surface area contributed by atoms with Gasteiger partial charge >= 0.3 is 5.97 Å². The van der Waals surface area contributed by atoms with Crippen LogP contribution in [-0.2, 0) is 14.3 Å². The fraction of sp³-hybridized carbons (Fsp3) is 0.846. The molecule has 1 atom stereocenters. The lowest BCUT2D eigenvalue weighted by Gasteiger charge is -2.23. The van der Waals surface area contributed by atoms with Gasteiger partial charge in [-0.05, 0) is 45.4 Å². The zero-order valence-corrected chi connectivity index (χ0v) is 11.4. The molecule has 4 nitrogen and oxygen atoms in total. The van der Waals surface area contributed by atoms with Crippen molar-refractivity contribution in [1.82, 2.24) is 0 Å². The monoisotopic (exact) mass is 243 g/mol. The molecule has 0 aliphatic heterocycles. The second-order valence-corrected chi connectivity index (χ2v) is 5.86. The molecule has 0 radical (unpaired) electrons. The zero-order chi connectivity index (χ0) is 13.6. The summed E-state index contributed by atoms with van der Waals surface area (Å²) in [5.74, 6) is -1.31. The molecule has 0 aromatic rings. The summed E-state index contributed by atoms with van der Waals surface area (Å²) in [5.41, 5.74) is -0.527. The molecule has 0 spiro atoms. The van der Waals surface area contributed by atoms with E-state index in [0.29, 0.717) is 12.3 Å². The van der Waals surface area contributed by atoms with Gasteiger partial charge in [0, 0.05) is 12.4 Å². The van der Waals surface area contributed by atoms with Gasteiger partial charge in [-0.1, -0.05) is 13.8 Å². The largest absolute Gasteiger partial charge is 0.550 e. The standard InChI is InChI=1S/C13H24O4/c1-9(2)6-10(7-11(14)15)8-12(16)17-13(3,4)5/h9-10H,6-8H2,1-5H3,(H,14,15)/p-1/t10-/m1/s1. The Morgan fingerprint density at radius 3 is 2.06 bits per heavy atom. The van der Waals surface area contributed by atoms with Gasteiger partial charge in [0.15, 0.2) is 0 Å². The second-order valence-electron chi connectivity index (χ2n) is 5.86. The van der Waals surface area contributed by atoms with Crippen LogP contribution in [0.25, 0.3) is 0 Å². The molecule has 0 fully saturated rings. The van der Waals surface area contributed by atoms with Gasteiger partial charge in [0.1, 0.15) is 5.60 Å². The molecule has 0 N–H and O–H groups in total. The first-order chi connectivity index (χ1) is 7.60. The summed E-state index contributed by atoms with van der Waals surface area (Å²) in [6, 6.07) is 0. The number of carbonyl (C=O) groups is 2. The maximum Gasteiger partial charge on any atom is 0.306 e. The minimum Gasteiger partial charge on any atom is -0.550 e. The van der Waals surface area contributed by atoms with Gasteiger partial charge < -0.3 is 14.6 Å². The molecular weight excluding hydrogens is 220 g/mol. The lowest BCUT2D eigenvalue weighted by atomic mass is 9.91. The van der Waals surface area contributed by atoms with Crippen molar-refractivity contribution in [2.45, 2.75) is 59.5 Å². The summed E-state index contributed by atoms with van der Waals surface area (Å²) in [6.07, 6.45) is 0.744. The summed E-state index contributed by atoms with van der Waals surface area (Å²) in [7, 11) is 0. The van der Waals surface area contributed by atoms with E-state index in [1.165, 1.54) is 0 Å². The Morgan fingerprint density at radius 2 is 1.71 bits per heavy atom. The Morgan fingerprint density at radius 1 is 1.18 bits per heavy atom. The highest BCUT2D eigenvalue weighted by molar-refractivity contribution is 5.71. The molecule has 0 aliphatic rings. The smallest absolute Gasteiger partial charge is 0.306 e. The number of hydrogen-bond donors (Lipinski definition) is 0. The summed E-state index contributed by atoms with van der Waals surface area (Å²) in [6.45, 7) is 9.37. The van der Waals surface area contributed by atoms with Crippen LogP contribution in [0.5, 0.6) is 0 Å². The Bertz CT molecular complexity index is 263. The number of carboxylic acids is 1. The van der Waals surface area contributed by atoms with Crippen LogP contribution in [0.2, 0.25) is 0 Å². The molecular formula is C13H23O4-. The summed E-state index contributed by atoms with van der Waals surface area (Å²) in [4.78, 5) is 22.2. The van der Waals surface area contributed by atoms with Crippen molar-refractivity contribution in [2.24, 2.45) is 11.8 Å². The minimum atomic E-state index is -1.11. The van der Waals surface area contributed by atoms with E-state index < -0.39 is 11.6 Å². The number of carboxylic acid groups (broad SMARTS) is 1. The number of hydrogen-bond acceptors (Lipinski definition) is 4. The molecule has 0 unspecified atom stereocenters. The highest BCUT2D eigenvalue weighted by Crippen LogP contribution is 2.21. The molecule has 0 aromatic carbocycles. The molecule has 17 heavy (non-hydrogen) atoms. The van der Waals surface area contributed by atoms with Crippen LogP contribution in [0.3, 0.4) is 0 Å². The predicted molar refractivity (Wildman–Crippen MR) is 63.0 cm³/mol. The van der Waals surface area contributed by atoms with Crippen LogP contribution < -0.4 is 5.11 Å². The summed E-state index contributed by atoms with van der Waals surface area (Å²) < 4.78 is 5.18. The first-order valence-corrected chi connectivity index (χ1v) is 6.02. The van der Waals surface area contributed by atoms with Crippen molar-refractivity contribution >= 4 is 11.9 Å². The van der Waals surface area contributed by atoms with Crippen LogP contribution >= 0.6 is 0 Å². The van der Waals surface area contributed by atoms with Crippen LogP contribution in [0.1, 0.15) is 53.9 Å². The first-order valence-electron chi connectivity index (χ1n) is 6.02. The Labute approximate surface area is 103 Å². The zero-order valence-electron chi connectivity index (χ0n) is 11.4. The third-order valence-electron chi connectivity index (χ3n) is 2.14. The van der Waals surface area contributed by atoms with Gasteiger partial charge in [0.05, 0.1) is 0 Å². The van der Waals surface area contributed by atoms with Crippen LogP contribution in [-0.4, -0.2) is 17.5 Å². The van der Waals surface area contributed by atoms with E-state index >= 15 is 0 Å². The Kier molecular flexibility index (Phi) is 6.21. The molecule has 4 heteroatoms. The molecule has 0 heterocycles. The van der Waals surface area contributed by atoms with E-state index in [0.717, 1.165) is 0 Å². The number of ether oxygens (including phenoxy) is 1. The molecule has 0 aliphatic carbocycles. The highest BCUT2D eigenvalue weighted by Gasteiger charge is 2.21. The quantitative estimate of drug-likeness (QED) is 0.663. The number of esters is 1. The van der Waals surface area contributed by atoms with E-state index in [2.05, 4.69) is 0 Å². The SMILES string of the molecule is CC(C)C[C@H](CC(=O)[O-])CC(=O)OC(C)(C)C. The molecule has 100 valence electrons. The topological polar surface area (TPSA) is 66.4 Å². The normalized spacial score (nSPS) is 13.5. The van der Waals surface area contributed by atoms with E-state index in [9.17, 15) is 14.7 Å².